The van der Waals surface area contributed by atoms with E-state index in [0.29, 0.717) is 45.4 Å². The summed E-state index contributed by atoms with van der Waals surface area (Å²) in [7, 11) is 0. The fourth-order valence-electron chi connectivity index (χ4n) is 5.02. The van der Waals surface area contributed by atoms with E-state index in [0.717, 1.165) is 31.2 Å². The first-order chi connectivity index (χ1) is 12.5. The molecule has 1 heterocycles. The average molecular weight is 392 g/mol. The van der Waals surface area contributed by atoms with E-state index in [1.54, 1.807) is 18.2 Å². The first-order valence-electron chi connectivity index (χ1n) is 9.05. The number of Topliss-reactive ketones (excluding diaryl/α,β-unsaturated/α-hetero) is 1. The molecule has 3 saturated carbocycles. The third kappa shape index (κ3) is 2.39. The van der Waals surface area contributed by atoms with Gasteiger partial charge in [0.2, 0.25) is 0 Å². The topological polar surface area (TPSA) is 52.3 Å². The molecule has 2 aromatic rings. The second-order valence-corrected chi connectivity index (χ2v) is 8.70. The monoisotopic (exact) mass is 391 g/mol. The summed E-state index contributed by atoms with van der Waals surface area (Å²) in [5.41, 5.74) is 2.13. The Morgan fingerprint density at radius 1 is 1.27 bits per heavy atom. The minimum absolute atomic E-state index is 0.0495. The number of hydrogen-bond acceptors (Lipinski definition) is 4. The lowest BCUT2D eigenvalue weighted by atomic mass is 9.80. The van der Waals surface area contributed by atoms with Crippen LogP contribution in [0.15, 0.2) is 22.7 Å². The molecule has 1 unspecified atom stereocenters. The van der Waals surface area contributed by atoms with Crippen molar-refractivity contribution < 1.29 is 14.1 Å². The predicted octanol–water partition coefficient (Wildman–Crippen LogP) is 5.23. The molecular weight excluding hydrogens is 373 g/mol. The van der Waals surface area contributed by atoms with Crippen molar-refractivity contribution in [2.75, 3.05) is 0 Å². The van der Waals surface area contributed by atoms with Gasteiger partial charge in [-0.1, -0.05) is 34.4 Å². The number of fused-ring (bicyclic) bond motifs is 1. The van der Waals surface area contributed by atoms with Crippen molar-refractivity contribution in [2.24, 2.45) is 17.3 Å². The van der Waals surface area contributed by atoms with Crippen molar-refractivity contribution >= 4 is 29.0 Å². The number of carbonyl (C=O) groups is 1. The standard InChI is InChI=1S/C20H19Cl2NO3/c1-10-14(18(23-26-10)17-15(21)3-2-4-16(17)22)9-25-13-6-11-5-12-7-20(12,8-13)19(11)24/h2-4,11-13H,5-9H2,1H3/t11-,12?,13-,20-/m1/s1. The molecular formula is C20H19Cl2NO3. The Hall–Kier alpha value is -1.36. The fraction of sp³-hybridized carbons (Fsp3) is 0.500. The Morgan fingerprint density at radius 3 is 2.77 bits per heavy atom. The lowest BCUT2D eigenvalue weighted by molar-refractivity contribution is -0.133. The summed E-state index contributed by atoms with van der Waals surface area (Å²) >= 11 is 12.7. The zero-order chi connectivity index (χ0) is 18.1. The normalized spacial score (nSPS) is 32.0. The number of carbonyl (C=O) groups excluding carboxylic acids is 1. The molecule has 2 bridgehead atoms. The zero-order valence-corrected chi connectivity index (χ0v) is 15.9. The van der Waals surface area contributed by atoms with Crippen molar-refractivity contribution in [1.82, 2.24) is 5.16 Å². The molecule has 5 rings (SSSR count). The first-order valence-corrected chi connectivity index (χ1v) is 9.80. The molecule has 0 radical (unpaired) electrons. The highest BCUT2D eigenvalue weighted by molar-refractivity contribution is 6.39. The van der Waals surface area contributed by atoms with Crippen molar-refractivity contribution in [2.45, 2.75) is 45.3 Å². The van der Waals surface area contributed by atoms with Gasteiger partial charge in [0, 0.05) is 22.5 Å². The SMILES string of the molecule is Cc1onc(-c2c(Cl)cccc2Cl)c1CO[C@@H]1C[C@H]2CC3C[C@]3(C1)C2=O. The fourth-order valence-corrected chi connectivity index (χ4v) is 5.60. The van der Waals surface area contributed by atoms with Gasteiger partial charge in [0.1, 0.15) is 17.2 Å². The molecule has 1 spiro atoms. The summed E-state index contributed by atoms with van der Waals surface area (Å²) in [6.07, 6.45) is 3.94. The van der Waals surface area contributed by atoms with Crippen molar-refractivity contribution in [3.63, 3.8) is 0 Å². The highest BCUT2D eigenvalue weighted by Gasteiger charge is 2.69. The quantitative estimate of drug-likeness (QED) is 0.715. The first kappa shape index (κ1) is 16.8. The number of ketones is 1. The molecule has 0 aliphatic heterocycles. The van der Waals surface area contributed by atoms with Gasteiger partial charge in [0.15, 0.2) is 0 Å². The third-order valence-corrected chi connectivity index (χ3v) is 7.08. The molecule has 3 fully saturated rings. The predicted molar refractivity (Wildman–Crippen MR) is 98.2 cm³/mol. The molecule has 26 heavy (non-hydrogen) atoms. The summed E-state index contributed by atoms with van der Waals surface area (Å²) < 4.78 is 11.6. The zero-order valence-electron chi connectivity index (χ0n) is 14.4. The van der Waals surface area contributed by atoms with Crippen LogP contribution in [0.4, 0.5) is 0 Å². The van der Waals surface area contributed by atoms with E-state index in [9.17, 15) is 4.79 Å². The number of nitrogens with zero attached hydrogens (tertiary/aromatic N) is 1. The van der Waals surface area contributed by atoms with Crippen LogP contribution in [0.5, 0.6) is 0 Å². The number of aryl methyl sites for hydroxylation is 1. The summed E-state index contributed by atoms with van der Waals surface area (Å²) in [6, 6.07) is 5.37. The van der Waals surface area contributed by atoms with Crippen LogP contribution in [0, 0.1) is 24.2 Å². The van der Waals surface area contributed by atoms with Crippen LogP contribution in [0.25, 0.3) is 11.3 Å². The lowest BCUT2D eigenvalue weighted by Gasteiger charge is -2.30. The largest absolute Gasteiger partial charge is 0.373 e. The van der Waals surface area contributed by atoms with E-state index in [-0.39, 0.29) is 17.4 Å². The Balaban J connectivity index is 1.37. The number of hydrogen-bond donors (Lipinski definition) is 0. The Labute approximate surface area is 161 Å². The van der Waals surface area contributed by atoms with Crippen LogP contribution < -0.4 is 0 Å². The van der Waals surface area contributed by atoms with Crippen molar-refractivity contribution in [3.8, 4) is 11.3 Å². The van der Waals surface area contributed by atoms with Gasteiger partial charge in [-0.25, -0.2) is 0 Å². The van der Waals surface area contributed by atoms with E-state index in [2.05, 4.69) is 5.16 Å². The number of aromatic nitrogens is 1. The van der Waals surface area contributed by atoms with Gasteiger partial charge < -0.3 is 9.26 Å². The van der Waals surface area contributed by atoms with Gasteiger partial charge in [0.05, 0.1) is 22.8 Å². The molecule has 0 saturated heterocycles. The second kappa shape index (κ2) is 5.82. The number of halogens is 2. The van der Waals surface area contributed by atoms with Gasteiger partial charge in [-0.15, -0.1) is 0 Å². The van der Waals surface area contributed by atoms with E-state index >= 15 is 0 Å². The minimum atomic E-state index is -0.0495. The maximum absolute atomic E-state index is 12.4. The maximum atomic E-state index is 12.4. The maximum Gasteiger partial charge on any atom is 0.142 e. The van der Waals surface area contributed by atoms with Gasteiger partial charge >= 0.3 is 0 Å². The van der Waals surface area contributed by atoms with Gasteiger partial charge in [-0.05, 0) is 50.7 Å². The van der Waals surface area contributed by atoms with Crippen LogP contribution in [0.2, 0.25) is 10.0 Å². The number of benzene rings is 1. The van der Waals surface area contributed by atoms with Crippen molar-refractivity contribution in [1.29, 1.82) is 0 Å². The summed E-state index contributed by atoms with van der Waals surface area (Å²) in [5, 5.41) is 5.24. The highest BCUT2D eigenvalue weighted by atomic mass is 35.5. The molecule has 6 heteroatoms. The molecule has 1 aromatic carbocycles. The number of ether oxygens (including phenoxy) is 1. The molecule has 1 aromatic heterocycles. The van der Waals surface area contributed by atoms with Crippen LogP contribution in [0.3, 0.4) is 0 Å². The van der Waals surface area contributed by atoms with Gasteiger partial charge in [-0.2, -0.15) is 0 Å². The summed E-state index contributed by atoms with van der Waals surface area (Å²) in [6.45, 7) is 2.25. The molecule has 3 aliphatic rings. The van der Waals surface area contributed by atoms with E-state index in [1.165, 1.54) is 0 Å². The van der Waals surface area contributed by atoms with Crippen LogP contribution in [-0.4, -0.2) is 17.0 Å². The van der Waals surface area contributed by atoms with Crippen molar-refractivity contribution in [3.05, 3.63) is 39.6 Å². The minimum Gasteiger partial charge on any atom is -0.373 e. The van der Waals surface area contributed by atoms with Crippen LogP contribution >= 0.6 is 23.2 Å². The summed E-state index contributed by atoms with van der Waals surface area (Å²) in [4.78, 5) is 12.4. The smallest absolute Gasteiger partial charge is 0.142 e. The number of rotatable bonds is 4. The Morgan fingerprint density at radius 2 is 2.04 bits per heavy atom. The van der Waals surface area contributed by atoms with Gasteiger partial charge in [-0.3, -0.25) is 4.79 Å². The van der Waals surface area contributed by atoms with E-state index in [1.807, 2.05) is 6.92 Å². The van der Waals surface area contributed by atoms with Crippen LogP contribution in [-0.2, 0) is 16.1 Å². The Kier molecular flexibility index (Phi) is 3.76. The molecule has 136 valence electrons. The molecule has 0 amide bonds. The highest BCUT2D eigenvalue weighted by Crippen LogP contribution is 2.69. The van der Waals surface area contributed by atoms with Gasteiger partial charge in [0.25, 0.3) is 0 Å². The third-order valence-electron chi connectivity index (χ3n) is 6.45. The molecule has 4 atom stereocenters. The van der Waals surface area contributed by atoms with Crippen LogP contribution in [0.1, 0.15) is 37.0 Å². The van der Waals surface area contributed by atoms with E-state index < -0.39 is 0 Å². The molecule has 4 nitrogen and oxygen atoms in total. The summed E-state index contributed by atoms with van der Waals surface area (Å²) in [5.74, 6) is 2.01. The Bertz CT molecular complexity index is 888. The second-order valence-electron chi connectivity index (χ2n) is 7.89. The molecule has 3 aliphatic carbocycles. The van der Waals surface area contributed by atoms with E-state index in [4.69, 9.17) is 32.5 Å². The molecule has 0 N–H and O–H groups in total. The lowest BCUT2D eigenvalue weighted by Crippen LogP contribution is -2.34. The average Bonchev–Trinajstić information content (AvgIpc) is 3.10.